The van der Waals surface area contributed by atoms with Crippen LogP contribution in [0.5, 0.6) is 0 Å². The molecule has 1 aliphatic heterocycles. The van der Waals surface area contributed by atoms with Crippen LogP contribution in [0.1, 0.15) is 31.1 Å². The lowest BCUT2D eigenvalue weighted by molar-refractivity contribution is -0.898. The van der Waals surface area contributed by atoms with Gasteiger partial charge in [-0.25, -0.2) is 0 Å². The number of amides is 1. The first-order chi connectivity index (χ1) is 14.0. The second-order valence-electron chi connectivity index (χ2n) is 7.63. The predicted molar refractivity (Wildman–Crippen MR) is 118 cm³/mol. The number of rotatable bonds is 7. The van der Waals surface area contributed by atoms with Gasteiger partial charge < -0.3 is 20.4 Å². The summed E-state index contributed by atoms with van der Waals surface area (Å²) in [5, 5.41) is 6.13. The molecule has 6 nitrogen and oxygen atoms in total. The second kappa shape index (κ2) is 9.56. The summed E-state index contributed by atoms with van der Waals surface area (Å²) in [4.78, 5) is 27.9. The summed E-state index contributed by atoms with van der Waals surface area (Å²) in [5.41, 5.74) is 3.46. The Hall–Kier alpha value is -2.86. The molecule has 0 aromatic heterocycles. The number of carbonyl (C=O) groups excluding carboxylic acids is 2. The van der Waals surface area contributed by atoms with Gasteiger partial charge in [0.05, 0.1) is 32.7 Å². The van der Waals surface area contributed by atoms with Crippen LogP contribution in [0.3, 0.4) is 0 Å². The van der Waals surface area contributed by atoms with Gasteiger partial charge in [0, 0.05) is 22.6 Å². The molecule has 0 saturated carbocycles. The van der Waals surface area contributed by atoms with Crippen LogP contribution in [-0.2, 0) is 4.79 Å². The van der Waals surface area contributed by atoms with E-state index < -0.39 is 0 Å². The fourth-order valence-corrected chi connectivity index (χ4v) is 3.56. The van der Waals surface area contributed by atoms with Crippen LogP contribution in [-0.4, -0.2) is 50.5 Å². The molecule has 1 saturated heterocycles. The Balaban J connectivity index is 1.52. The molecule has 0 spiro atoms. The normalized spacial score (nSPS) is 15.6. The maximum atomic E-state index is 12.5. The molecule has 1 amide bonds. The third-order valence-electron chi connectivity index (χ3n) is 5.54. The first-order valence-electron chi connectivity index (χ1n) is 10.3. The minimum atomic E-state index is -0.384. The number of hydrogen-bond donors (Lipinski definition) is 3. The molecule has 0 radical (unpaired) electrons. The van der Waals surface area contributed by atoms with Crippen molar-refractivity contribution in [3.05, 3.63) is 54.1 Å². The van der Waals surface area contributed by atoms with Crippen LogP contribution in [0, 0.1) is 0 Å². The lowest BCUT2D eigenvalue weighted by Gasteiger charge is -2.33. The molecule has 6 heteroatoms. The van der Waals surface area contributed by atoms with Gasteiger partial charge in [0.25, 0.3) is 0 Å². The first kappa shape index (κ1) is 20.9. The molecule has 2 aromatic carbocycles. The quantitative estimate of drug-likeness (QED) is 0.628. The molecule has 1 atom stereocenters. The Kier molecular flexibility index (Phi) is 6.88. The highest BCUT2D eigenvalue weighted by Gasteiger charge is 2.19. The highest BCUT2D eigenvalue weighted by molar-refractivity contribution is 5.97. The summed E-state index contributed by atoms with van der Waals surface area (Å²) in [5.74, 6) is -0.113. The summed E-state index contributed by atoms with van der Waals surface area (Å²) >= 11 is 0. The number of quaternary nitrogens is 1. The molecule has 1 heterocycles. The zero-order valence-electron chi connectivity index (χ0n) is 17.5. The van der Waals surface area contributed by atoms with Crippen LogP contribution in [0.2, 0.25) is 0 Å². The number of nitrogens with one attached hydrogen (secondary N) is 3. The highest BCUT2D eigenvalue weighted by atomic mass is 16.2. The molecule has 0 aliphatic carbocycles. The molecule has 3 N–H and O–H groups in total. The number of likely N-dealkylation sites (N-methyl/N-ethyl adjacent to an activating group) is 1. The monoisotopic (exact) mass is 395 g/mol. The summed E-state index contributed by atoms with van der Waals surface area (Å²) in [6, 6.07) is 14.8. The summed E-state index contributed by atoms with van der Waals surface area (Å²) in [7, 11) is 0. The lowest BCUT2D eigenvalue weighted by Crippen LogP contribution is -3.14. The van der Waals surface area contributed by atoms with Crippen LogP contribution in [0.25, 0.3) is 0 Å². The van der Waals surface area contributed by atoms with Crippen molar-refractivity contribution in [3.63, 3.8) is 0 Å². The molecule has 1 fully saturated rings. The van der Waals surface area contributed by atoms with Gasteiger partial charge in [0.15, 0.2) is 5.78 Å². The van der Waals surface area contributed by atoms with E-state index in [0.717, 1.165) is 18.8 Å². The number of anilines is 3. The number of hydrogen-bond acceptors (Lipinski definition) is 4. The van der Waals surface area contributed by atoms with E-state index in [1.54, 1.807) is 29.2 Å². The summed E-state index contributed by atoms with van der Waals surface area (Å²) in [6.07, 6.45) is 0. The van der Waals surface area contributed by atoms with Gasteiger partial charge in [0.1, 0.15) is 6.04 Å². The Morgan fingerprint density at radius 3 is 2.14 bits per heavy atom. The lowest BCUT2D eigenvalue weighted by atomic mass is 10.1. The third-order valence-corrected chi connectivity index (χ3v) is 5.54. The summed E-state index contributed by atoms with van der Waals surface area (Å²) < 4.78 is 0. The Bertz CT molecular complexity index is 825. The van der Waals surface area contributed by atoms with Gasteiger partial charge in [-0.1, -0.05) is 0 Å². The van der Waals surface area contributed by atoms with Gasteiger partial charge in [-0.15, -0.1) is 0 Å². The van der Waals surface area contributed by atoms with Crippen molar-refractivity contribution < 1.29 is 14.5 Å². The molecule has 2 aromatic rings. The smallest absolute Gasteiger partial charge is 0.246 e. The molecule has 1 aliphatic rings. The average molecular weight is 396 g/mol. The molecule has 0 bridgehead atoms. The van der Waals surface area contributed by atoms with Gasteiger partial charge in [-0.05, 0) is 69.3 Å². The molecule has 154 valence electrons. The SMILES string of the molecule is CC[NH+]1CCN(c2ccc(N[C@H](C)C(=O)Nc3ccc(C(C)=O)cc3)cc2)CC1. The van der Waals surface area contributed by atoms with Gasteiger partial charge in [0.2, 0.25) is 5.91 Å². The van der Waals surface area contributed by atoms with E-state index in [-0.39, 0.29) is 17.7 Å². The fourth-order valence-electron chi connectivity index (χ4n) is 3.56. The van der Waals surface area contributed by atoms with Crippen molar-refractivity contribution in [1.82, 2.24) is 0 Å². The maximum absolute atomic E-state index is 12.5. The van der Waals surface area contributed by atoms with Crippen LogP contribution in [0.4, 0.5) is 17.1 Å². The number of benzene rings is 2. The van der Waals surface area contributed by atoms with Crippen LogP contribution < -0.4 is 20.4 Å². The average Bonchev–Trinajstić information content (AvgIpc) is 2.74. The number of ketones is 1. The van der Waals surface area contributed by atoms with E-state index in [9.17, 15) is 9.59 Å². The highest BCUT2D eigenvalue weighted by Crippen LogP contribution is 2.19. The van der Waals surface area contributed by atoms with E-state index >= 15 is 0 Å². The van der Waals surface area contributed by atoms with E-state index in [2.05, 4.69) is 34.6 Å². The zero-order chi connectivity index (χ0) is 20.8. The Morgan fingerprint density at radius 1 is 1.00 bits per heavy atom. The minimum absolute atomic E-state index is 0.00912. The number of piperazine rings is 1. The Morgan fingerprint density at radius 2 is 1.59 bits per heavy atom. The molecular formula is C23H31N4O2+. The van der Waals surface area contributed by atoms with Crippen molar-refractivity contribution in [1.29, 1.82) is 0 Å². The number of carbonyl (C=O) groups is 2. The first-order valence-corrected chi connectivity index (χ1v) is 10.3. The van der Waals surface area contributed by atoms with E-state index in [1.807, 2.05) is 19.1 Å². The van der Waals surface area contributed by atoms with Gasteiger partial charge >= 0.3 is 0 Å². The largest absolute Gasteiger partial charge is 0.374 e. The molecular weight excluding hydrogens is 364 g/mol. The zero-order valence-corrected chi connectivity index (χ0v) is 17.5. The van der Waals surface area contributed by atoms with E-state index in [1.165, 1.54) is 32.2 Å². The van der Waals surface area contributed by atoms with Crippen molar-refractivity contribution in [2.45, 2.75) is 26.8 Å². The van der Waals surface area contributed by atoms with Gasteiger partial charge in [-0.2, -0.15) is 0 Å². The fraction of sp³-hybridized carbons (Fsp3) is 0.391. The Labute approximate surface area is 172 Å². The minimum Gasteiger partial charge on any atom is -0.374 e. The molecule has 3 rings (SSSR count). The van der Waals surface area contributed by atoms with Gasteiger partial charge in [-0.3, -0.25) is 9.59 Å². The van der Waals surface area contributed by atoms with Crippen molar-refractivity contribution >= 4 is 28.8 Å². The van der Waals surface area contributed by atoms with E-state index in [4.69, 9.17) is 0 Å². The number of nitrogens with zero attached hydrogens (tertiary/aromatic N) is 1. The van der Waals surface area contributed by atoms with Crippen LogP contribution >= 0.6 is 0 Å². The molecule has 0 unspecified atom stereocenters. The van der Waals surface area contributed by atoms with Crippen molar-refractivity contribution in [2.75, 3.05) is 48.3 Å². The third kappa shape index (κ3) is 5.57. The van der Waals surface area contributed by atoms with Crippen molar-refractivity contribution in [2.24, 2.45) is 0 Å². The predicted octanol–water partition coefficient (Wildman–Crippen LogP) is 2.05. The van der Waals surface area contributed by atoms with Crippen LogP contribution in [0.15, 0.2) is 48.5 Å². The summed E-state index contributed by atoms with van der Waals surface area (Å²) in [6.45, 7) is 11.3. The second-order valence-corrected chi connectivity index (χ2v) is 7.63. The maximum Gasteiger partial charge on any atom is 0.246 e. The topological polar surface area (TPSA) is 65.9 Å². The molecule has 29 heavy (non-hydrogen) atoms. The number of Topliss-reactive ketones (excluding diaryl/α,β-unsaturated/α-hetero) is 1. The van der Waals surface area contributed by atoms with Crippen molar-refractivity contribution in [3.8, 4) is 0 Å². The van der Waals surface area contributed by atoms with E-state index in [0.29, 0.717) is 11.3 Å². The standard InChI is InChI=1S/C23H30N4O2/c1-4-26-13-15-27(16-14-26)22-11-9-20(10-12-22)24-17(2)23(29)25-21-7-5-19(6-8-21)18(3)28/h5-12,17,24H,4,13-16H2,1-3H3,(H,25,29)/p+1/t17-/m1/s1.